The predicted molar refractivity (Wildman–Crippen MR) is 267 cm³/mol. The molecule has 0 radical (unpaired) electrons. The van der Waals surface area contributed by atoms with Crippen molar-refractivity contribution in [1.29, 1.82) is 0 Å². The van der Waals surface area contributed by atoms with Gasteiger partial charge in [0.2, 0.25) is 0 Å². The van der Waals surface area contributed by atoms with Gasteiger partial charge in [-0.15, -0.1) is 0 Å². The molecule has 2 nitrogen and oxygen atoms in total. The van der Waals surface area contributed by atoms with E-state index in [1.165, 1.54) is 71.3 Å². The van der Waals surface area contributed by atoms with E-state index in [0.29, 0.717) is 0 Å². The second-order valence-corrected chi connectivity index (χ2v) is 16.5. The van der Waals surface area contributed by atoms with Crippen molar-refractivity contribution in [1.82, 2.24) is 0 Å². The maximum atomic E-state index is 6.63. The number of fused-ring (bicyclic) bond motifs is 7. The SMILES string of the molecule is Cc1cccc2ccc3c4cc(-c5ccccc5N(c5ccc(-c6cccc(-c7ccc8ccccc8c7)c6)cc5)c5cccc(-c6cccc7ccccc67)c5)ccc4oc3c12. The number of para-hydroxylation sites is 1. The van der Waals surface area contributed by atoms with Crippen LogP contribution in [0.5, 0.6) is 0 Å². The molecule has 0 atom stereocenters. The Balaban J connectivity index is 0.993. The molecular formula is C61H41NO. The molecule has 0 aliphatic carbocycles. The average molecular weight is 804 g/mol. The van der Waals surface area contributed by atoms with Gasteiger partial charge in [0.25, 0.3) is 0 Å². The quantitative estimate of drug-likeness (QED) is 0.160. The lowest BCUT2D eigenvalue weighted by Crippen LogP contribution is -2.11. The van der Waals surface area contributed by atoms with Gasteiger partial charge in [-0.1, -0.05) is 170 Å². The highest BCUT2D eigenvalue weighted by Gasteiger charge is 2.20. The molecule has 0 bridgehead atoms. The van der Waals surface area contributed by atoms with Crippen molar-refractivity contribution in [3.05, 3.63) is 236 Å². The molecule has 63 heavy (non-hydrogen) atoms. The van der Waals surface area contributed by atoms with Gasteiger partial charge in [-0.3, -0.25) is 0 Å². The highest BCUT2D eigenvalue weighted by molar-refractivity contribution is 6.16. The third-order valence-electron chi connectivity index (χ3n) is 12.8. The third-order valence-corrected chi connectivity index (χ3v) is 12.8. The van der Waals surface area contributed by atoms with Gasteiger partial charge >= 0.3 is 0 Å². The van der Waals surface area contributed by atoms with Crippen molar-refractivity contribution in [3.8, 4) is 44.5 Å². The Morgan fingerprint density at radius 1 is 0.333 bits per heavy atom. The van der Waals surface area contributed by atoms with Crippen LogP contribution in [0.2, 0.25) is 0 Å². The van der Waals surface area contributed by atoms with Crippen LogP contribution in [0, 0.1) is 6.92 Å². The highest BCUT2D eigenvalue weighted by Crippen LogP contribution is 2.45. The molecule has 0 aliphatic heterocycles. The van der Waals surface area contributed by atoms with E-state index < -0.39 is 0 Å². The summed E-state index contributed by atoms with van der Waals surface area (Å²) in [6.45, 7) is 2.16. The smallest absolute Gasteiger partial charge is 0.143 e. The summed E-state index contributed by atoms with van der Waals surface area (Å²) < 4.78 is 6.63. The van der Waals surface area contributed by atoms with Gasteiger partial charge in [0, 0.05) is 33.1 Å². The van der Waals surface area contributed by atoms with Crippen molar-refractivity contribution < 1.29 is 4.42 Å². The van der Waals surface area contributed by atoms with E-state index in [1.807, 2.05) is 0 Å². The molecule has 0 aliphatic rings. The molecule has 0 amide bonds. The predicted octanol–water partition coefficient (Wildman–Crippen LogP) is 17.5. The van der Waals surface area contributed by atoms with Crippen molar-refractivity contribution in [3.63, 3.8) is 0 Å². The number of hydrogen-bond donors (Lipinski definition) is 0. The van der Waals surface area contributed by atoms with E-state index in [4.69, 9.17) is 4.42 Å². The Bertz CT molecular complexity index is 3700. The van der Waals surface area contributed by atoms with Crippen molar-refractivity contribution in [2.24, 2.45) is 0 Å². The Morgan fingerprint density at radius 2 is 0.952 bits per heavy atom. The summed E-state index contributed by atoms with van der Waals surface area (Å²) in [5, 5.41) is 9.58. The van der Waals surface area contributed by atoms with Crippen LogP contribution < -0.4 is 4.90 Å². The molecule has 2 heteroatoms. The highest BCUT2D eigenvalue weighted by atomic mass is 16.3. The van der Waals surface area contributed by atoms with E-state index in [1.54, 1.807) is 0 Å². The minimum Gasteiger partial charge on any atom is -0.455 e. The van der Waals surface area contributed by atoms with Crippen LogP contribution >= 0.6 is 0 Å². The molecule has 12 rings (SSSR count). The lowest BCUT2D eigenvalue weighted by molar-refractivity contribution is 0.672. The van der Waals surface area contributed by atoms with Gasteiger partial charge in [-0.25, -0.2) is 0 Å². The van der Waals surface area contributed by atoms with Crippen LogP contribution in [0.25, 0.3) is 98.8 Å². The molecule has 0 fully saturated rings. The molecule has 1 aromatic heterocycles. The zero-order valence-electron chi connectivity index (χ0n) is 34.8. The largest absolute Gasteiger partial charge is 0.455 e. The van der Waals surface area contributed by atoms with Gasteiger partial charge in [-0.2, -0.15) is 0 Å². The number of rotatable bonds is 7. The van der Waals surface area contributed by atoms with Crippen LogP contribution in [0.3, 0.4) is 0 Å². The second kappa shape index (κ2) is 15.1. The molecule has 11 aromatic carbocycles. The first-order chi connectivity index (χ1) is 31.1. The maximum Gasteiger partial charge on any atom is 0.143 e. The summed E-state index contributed by atoms with van der Waals surface area (Å²) in [6.07, 6.45) is 0. The topological polar surface area (TPSA) is 16.4 Å². The summed E-state index contributed by atoms with van der Waals surface area (Å²) >= 11 is 0. The van der Waals surface area contributed by atoms with E-state index in [0.717, 1.165) is 50.1 Å². The fourth-order valence-corrected chi connectivity index (χ4v) is 9.63. The van der Waals surface area contributed by atoms with Crippen LogP contribution in [-0.2, 0) is 0 Å². The molecule has 0 unspecified atom stereocenters. The lowest BCUT2D eigenvalue weighted by Gasteiger charge is -2.28. The summed E-state index contributed by atoms with van der Waals surface area (Å²) in [4.78, 5) is 2.41. The van der Waals surface area contributed by atoms with Crippen LogP contribution in [-0.4, -0.2) is 0 Å². The first-order valence-corrected chi connectivity index (χ1v) is 21.7. The summed E-state index contributed by atoms with van der Waals surface area (Å²) in [5.74, 6) is 0. The van der Waals surface area contributed by atoms with Crippen LogP contribution in [0.4, 0.5) is 17.1 Å². The Kier molecular flexibility index (Phi) is 8.76. The fourth-order valence-electron chi connectivity index (χ4n) is 9.63. The normalized spacial score (nSPS) is 11.6. The van der Waals surface area contributed by atoms with Gasteiger partial charge in [0.1, 0.15) is 11.2 Å². The lowest BCUT2D eigenvalue weighted by atomic mass is 9.96. The second-order valence-electron chi connectivity index (χ2n) is 16.5. The first-order valence-electron chi connectivity index (χ1n) is 21.7. The molecular weight excluding hydrogens is 763 g/mol. The van der Waals surface area contributed by atoms with Crippen molar-refractivity contribution in [2.45, 2.75) is 6.92 Å². The molecule has 12 aromatic rings. The summed E-state index contributed by atoms with van der Waals surface area (Å²) in [6, 6.07) is 83.7. The molecule has 0 N–H and O–H groups in total. The molecule has 0 saturated carbocycles. The average Bonchev–Trinajstić information content (AvgIpc) is 3.72. The molecule has 0 spiro atoms. The summed E-state index contributed by atoms with van der Waals surface area (Å²) in [7, 11) is 0. The number of aryl methyl sites for hydroxylation is 1. The first kappa shape index (κ1) is 36.6. The van der Waals surface area contributed by atoms with Crippen LogP contribution in [0.15, 0.2) is 235 Å². The zero-order valence-corrected chi connectivity index (χ0v) is 34.8. The fraction of sp³-hybridized carbons (Fsp3) is 0.0164. The van der Waals surface area contributed by atoms with E-state index >= 15 is 0 Å². The standard InChI is InChI=1S/C61H41NO/c1-40-12-8-17-44-30-34-56-57-39-50(31-35-59(57)63-61(56)60(40)44)55-23-6-7-25-58(55)62(52-21-10-20-49(38-52)54-24-11-16-43-14-4-5-22-53(43)54)51-32-28-42(29-33-51)46-18-9-19-47(36-46)48-27-26-41-13-2-3-15-45(41)37-48/h2-39H,1H3. The van der Waals surface area contributed by atoms with E-state index in [9.17, 15) is 0 Å². The van der Waals surface area contributed by atoms with E-state index in [2.05, 4.69) is 242 Å². The van der Waals surface area contributed by atoms with E-state index in [-0.39, 0.29) is 0 Å². The molecule has 1 heterocycles. The van der Waals surface area contributed by atoms with Crippen LogP contribution in [0.1, 0.15) is 5.56 Å². The number of furan rings is 1. The Labute approximate surface area is 366 Å². The number of hydrogen-bond acceptors (Lipinski definition) is 2. The Morgan fingerprint density at radius 3 is 1.86 bits per heavy atom. The van der Waals surface area contributed by atoms with Gasteiger partial charge in [0.05, 0.1) is 5.69 Å². The molecule has 0 saturated heterocycles. The third kappa shape index (κ3) is 6.43. The van der Waals surface area contributed by atoms with Crippen molar-refractivity contribution >= 4 is 71.3 Å². The molecule has 296 valence electrons. The van der Waals surface area contributed by atoms with Gasteiger partial charge < -0.3 is 9.32 Å². The maximum absolute atomic E-state index is 6.63. The number of nitrogens with zero attached hydrogens (tertiary/aromatic N) is 1. The number of benzene rings is 11. The van der Waals surface area contributed by atoms with Gasteiger partial charge in [0.15, 0.2) is 0 Å². The monoisotopic (exact) mass is 803 g/mol. The minimum atomic E-state index is 0.891. The Hall–Kier alpha value is -8.20. The minimum absolute atomic E-state index is 0.891. The van der Waals surface area contributed by atoms with Gasteiger partial charge in [-0.05, 0) is 139 Å². The number of anilines is 3. The summed E-state index contributed by atoms with van der Waals surface area (Å²) in [5.41, 5.74) is 15.7. The van der Waals surface area contributed by atoms with Crippen molar-refractivity contribution in [2.75, 3.05) is 4.90 Å². The zero-order chi connectivity index (χ0) is 41.9.